The molecule has 2 aromatic carbocycles. The standard InChI is InChI=1S/C17H19NO5S/c1-3-13(11-7-9-12(10-8-11)24(2,22)23)18-17(21)16-14(19)5-4-6-15(16)20/h4-10,13,19-20H,3H2,1-2H3,(H,18,21). The molecule has 0 saturated carbocycles. The molecular formula is C17H19NO5S. The minimum atomic E-state index is -3.28. The maximum absolute atomic E-state index is 12.3. The molecule has 0 spiro atoms. The van der Waals surface area contributed by atoms with Crippen molar-refractivity contribution in [3.8, 4) is 11.5 Å². The fourth-order valence-corrected chi connectivity index (χ4v) is 2.99. The summed E-state index contributed by atoms with van der Waals surface area (Å²) in [5, 5.41) is 22.2. The van der Waals surface area contributed by atoms with Gasteiger partial charge in [0.15, 0.2) is 9.84 Å². The fourth-order valence-electron chi connectivity index (χ4n) is 2.36. The smallest absolute Gasteiger partial charge is 0.259 e. The Balaban J connectivity index is 2.25. The van der Waals surface area contributed by atoms with Gasteiger partial charge in [0.1, 0.15) is 17.1 Å². The van der Waals surface area contributed by atoms with Crippen molar-refractivity contribution < 1.29 is 23.4 Å². The van der Waals surface area contributed by atoms with Crippen molar-refractivity contribution in [2.24, 2.45) is 0 Å². The molecule has 1 amide bonds. The second-order valence-corrected chi connectivity index (χ2v) is 7.46. The number of hydrogen-bond acceptors (Lipinski definition) is 5. The largest absolute Gasteiger partial charge is 0.507 e. The van der Waals surface area contributed by atoms with Gasteiger partial charge in [-0.25, -0.2) is 8.42 Å². The van der Waals surface area contributed by atoms with E-state index in [0.29, 0.717) is 6.42 Å². The number of sulfone groups is 1. The molecule has 2 aromatic rings. The number of rotatable bonds is 5. The van der Waals surface area contributed by atoms with Gasteiger partial charge in [-0.05, 0) is 36.2 Å². The number of phenols is 2. The van der Waals surface area contributed by atoms with E-state index in [1.807, 2.05) is 6.92 Å². The fraction of sp³-hybridized carbons (Fsp3) is 0.235. The number of nitrogens with one attached hydrogen (secondary N) is 1. The lowest BCUT2D eigenvalue weighted by atomic mass is 10.0. The van der Waals surface area contributed by atoms with Crippen LogP contribution in [0.3, 0.4) is 0 Å². The van der Waals surface area contributed by atoms with Gasteiger partial charge in [0.25, 0.3) is 5.91 Å². The molecule has 0 heterocycles. The van der Waals surface area contributed by atoms with Crippen LogP contribution in [0, 0.1) is 0 Å². The Labute approximate surface area is 140 Å². The maximum atomic E-state index is 12.3. The van der Waals surface area contributed by atoms with Crippen LogP contribution in [0.25, 0.3) is 0 Å². The van der Waals surface area contributed by atoms with E-state index in [9.17, 15) is 23.4 Å². The van der Waals surface area contributed by atoms with Crippen LogP contribution in [-0.4, -0.2) is 30.8 Å². The third kappa shape index (κ3) is 3.86. The predicted molar refractivity (Wildman–Crippen MR) is 89.8 cm³/mol. The SMILES string of the molecule is CCC(NC(=O)c1c(O)cccc1O)c1ccc(S(C)(=O)=O)cc1. The second-order valence-electron chi connectivity index (χ2n) is 5.45. The van der Waals surface area contributed by atoms with E-state index in [2.05, 4.69) is 5.32 Å². The molecule has 6 nitrogen and oxygen atoms in total. The van der Waals surface area contributed by atoms with Crippen molar-refractivity contribution in [1.29, 1.82) is 0 Å². The van der Waals surface area contributed by atoms with Crippen molar-refractivity contribution in [3.05, 3.63) is 53.6 Å². The maximum Gasteiger partial charge on any atom is 0.259 e. The third-order valence-corrected chi connectivity index (χ3v) is 4.80. The van der Waals surface area contributed by atoms with E-state index in [1.54, 1.807) is 12.1 Å². The highest BCUT2D eigenvalue weighted by Crippen LogP contribution is 2.27. The monoisotopic (exact) mass is 349 g/mol. The van der Waals surface area contributed by atoms with E-state index in [4.69, 9.17) is 0 Å². The summed E-state index contributed by atoms with van der Waals surface area (Å²) >= 11 is 0. The van der Waals surface area contributed by atoms with Crippen LogP contribution in [0.5, 0.6) is 11.5 Å². The molecule has 1 atom stereocenters. The Morgan fingerprint density at radius 3 is 2.08 bits per heavy atom. The molecule has 24 heavy (non-hydrogen) atoms. The first-order valence-corrected chi connectivity index (χ1v) is 9.25. The van der Waals surface area contributed by atoms with Gasteiger partial charge in [-0.1, -0.05) is 25.1 Å². The Hall–Kier alpha value is -2.54. The number of benzene rings is 2. The van der Waals surface area contributed by atoms with Crippen molar-refractivity contribution >= 4 is 15.7 Å². The number of hydrogen-bond donors (Lipinski definition) is 3. The second kappa shape index (κ2) is 6.92. The Bertz CT molecular complexity index is 824. The van der Waals surface area contributed by atoms with E-state index in [1.165, 1.54) is 30.3 Å². The highest BCUT2D eigenvalue weighted by Gasteiger charge is 2.20. The minimum Gasteiger partial charge on any atom is -0.507 e. The summed E-state index contributed by atoms with van der Waals surface area (Å²) in [4.78, 5) is 12.5. The van der Waals surface area contributed by atoms with Crippen LogP contribution in [0.1, 0.15) is 35.3 Å². The molecule has 0 bridgehead atoms. The molecule has 7 heteroatoms. The van der Waals surface area contributed by atoms with Crippen LogP contribution >= 0.6 is 0 Å². The molecule has 0 aliphatic heterocycles. The highest BCUT2D eigenvalue weighted by molar-refractivity contribution is 7.90. The minimum absolute atomic E-state index is 0.191. The van der Waals surface area contributed by atoms with Gasteiger partial charge in [-0.15, -0.1) is 0 Å². The highest BCUT2D eigenvalue weighted by atomic mass is 32.2. The van der Waals surface area contributed by atoms with Gasteiger partial charge >= 0.3 is 0 Å². The normalized spacial score (nSPS) is 12.6. The number of phenolic OH excluding ortho intramolecular Hbond substituents is 2. The lowest BCUT2D eigenvalue weighted by molar-refractivity contribution is 0.0930. The van der Waals surface area contributed by atoms with Crippen molar-refractivity contribution in [1.82, 2.24) is 5.32 Å². The van der Waals surface area contributed by atoms with Gasteiger partial charge in [-0.3, -0.25) is 4.79 Å². The zero-order chi connectivity index (χ0) is 17.9. The van der Waals surface area contributed by atoms with Crippen molar-refractivity contribution in [3.63, 3.8) is 0 Å². The molecule has 128 valence electrons. The number of carbonyl (C=O) groups excluding carboxylic acids is 1. The summed E-state index contributed by atoms with van der Waals surface area (Å²) in [6.45, 7) is 1.86. The molecule has 2 rings (SSSR count). The zero-order valence-corrected chi connectivity index (χ0v) is 14.2. The van der Waals surface area contributed by atoms with Gasteiger partial charge < -0.3 is 15.5 Å². The topological polar surface area (TPSA) is 104 Å². The Kier molecular flexibility index (Phi) is 5.14. The van der Waals surface area contributed by atoms with Gasteiger partial charge in [0.2, 0.25) is 0 Å². The summed E-state index contributed by atoms with van der Waals surface area (Å²) < 4.78 is 23.0. The molecule has 0 saturated heterocycles. The quantitative estimate of drug-likeness (QED) is 0.769. The molecule has 1 unspecified atom stereocenters. The van der Waals surface area contributed by atoms with E-state index in [-0.39, 0.29) is 28.0 Å². The van der Waals surface area contributed by atoms with Crippen molar-refractivity contribution in [2.45, 2.75) is 24.3 Å². The number of amides is 1. The molecule has 0 aliphatic rings. The van der Waals surface area contributed by atoms with E-state index in [0.717, 1.165) is 11.8 Å². The summed E-state index contributed by atoms with van der Waals surface area (Å²) in [5.74, 6) is -1.23. The average Bonchev–Trinajstić information content (AvgIpc) is 2.51. The van der Waals surface area contributed by atoms with Crippen molar-refractivity contribution in [2.75, 3.05) is 6.26 Å². The lowest BCUT2D eigenvalue weighted by Crippen LogP contribution is -2.28. The van der Waals surface area contributed by atoms with E-state index >= 15 is 0 Å². The molecule has 0 radical (unpaired) electrons. The summed E-state index contributed by atoms with van der Waals surface area (Å²) in [6.07, 6.45) is 1.68. The first-order valence-electron chi connectivity index (χ1n) is 7.36. The Morgan fingerprint density at radius 2 is 1.62 bits per heavy atom. The molecular weight excluding hydrogens is 330 g/mol. The predicted octanol–water partition coefficient (Wildman–Crippen LogP) is 2.38. The zero-order valence-electron chi connectivity index (χ0n) is 13.4. The van der Waals surface area contributed by atoms with Crippen LogP contribution in [-0.2, 0) is 9.84 Å². The lowest BCUT2D eigenvalue weighted by Gasteiger charge is -2.18. The summed E-state index contributed by atoms with van der Waals surface area (Å²) in [5.41, 5.74) is 0.539. The van der Waals surface area contributed by atoms with Crippen LogP contribution in [0.2, 0.25) is 0 Å². The average molecular weight is 349 g/mol. The third-order valence-electron chi connectivity index (χ3n) is 3.67. The van der Waals surface area contributed by atoms with Crippen LogP contribution in [0.15, 0.2) is 47.4 Å². The van der Waals surface area contributed by atoms with Crippen LogP contribution < -0.4 is 5.32 Å². The van der Waals surface area contributed by atoms with Gasteiger partial charge in [0.05, 0.1) is 10.9 Å². The van der Waals surface area contributed by atoms with Gasteiger partial charge in [0, 0.05) is 6.26 Å². The first-order chi connectivity index (χ1) is 11.2. The summed E-state index contributed by atoms with van der Waals surface area (Å²) in [7, 11) is -3.28. The number of carbonyl (C=O) groups is 1. The number of aromatic hydroxyl groups is 2. The Morgan fingerprint density at radius 1 is 1.08 bits per heavy atom. The molecule has 0 aliphatic carbocycles. The molecule has 3 N–H and O–H groups in total. The molecule has 0 fully saturated rings. The van der Waals surface area contributed by atoms with Gasteiger partial charge in [-0.2, -0.15) is 0 Å². The summed E-state index contributed by atoms with van der Waals surface area (Å²) in [6, 6.07) is 9.92. The first kappa shape index (κ1) is 17.8. The van der Waals surface area contributed by atoms with E-state index < -0.39 is 15.7 Å². The molecule has 0 aromatic heterocycles. The van der Waals surface area contributed by atoms with Crippen LogP contribution in [0.4, 0.5) is 0 Å².